The third kappa shape index (κ3) is 4.93. The molecule has 1 heterocycles. The van der Waals surface area contributed by atoms with Gasteiger partial charge in [-0.1, -0.05) is 31.0 Å². The molecule has 1 aromatic heterocycles. The van der Waals surface area contributed by atoms with Gasteiger partial charge in [-0.25, -0.2) is 4.68 Å². The quantitative estimate of drug-likeness (QED) is 0.727. The minimum Gasteiger partial charge on any atom is -0.353 e. The number of thioether (sulfide) groups is 1. The molecule has 8 heteroatoms. The van der Waals surface area contributed by atoms with Crippen molar-refractivity contribution in [1.29, 1.82) is 0 Å². The van der Waals surface area contributed by atoms with E-state index in [1.165, 1.54) is 16.4 Å². The smallest absolute Gasteiger partial charge is 0.295 e. The van der Waals surface area contributed by atoms with Gasteiger partial charge in [0.25, 0.3) is 5.56 Å². The Morgan fingerprint density at radius 1 is 1.21 bits per heavy atom. The summed E-state index contributed by atoms with van der Waals surface area (Å²) in [7, 11) is 1.78. The van der Waals surface area contributed by atoms with Crippen LogP contribution in [0.2, 0.25) is 0 Å². The lowest BCUT2D eigenvalue weighted by atomic mass is 10.2. The Labute approximate surface area is 174 Å². The zero-order chi connectivity index (χ0) is 21.0. The van der Waals surface area contributed by atoms with Crippen LogP contribution in [0.4, 0.5) is 5.69 Å². The van der Waals surface area contributed by atoms with Crippen LogP contribution in [0.1, 0.15) is 38.3 Å². The fourth-order valence-electron chi connectivity index (χ4n) is 3.55. The number of nitrogens with zero attached hydrogens (tertiary/aromatic N) is 2. The van der Waals surface area contributed by atoms with E-state index in [-0.39, 0.29) is 34.9 Å². The minimum absolute atomic E-state index is 0.0381. The number of para-hydroxylation sites is 1. The SMILES string of the molecule is Cc1c(NC(=O)C(C)SCC(=O)NC2CCCC2)c(=O)n(-c2ccccc2)n1C. The average molecular weight is 417 g/mol. The molecular formula is C21H28N4O3S. The molecule has 156 valence electrons. The van der Waals surface area contributed by atoms with E-state index >= 15 is 0 Å². The molecule has 0 radical (unpaired) electrons. The van der Waals surface area contributed by atoms with E-state index in [2.05, 4.69) is 10.6 Å². The van der Waals surface area contributed by atoms with Crippen LogP contribution >= 0.6 is 11.8 Å². The molecule has 2 amide bonds. The Hall–Kier alpha value is -2.48. The van der Waals surface area contributed by atoms with Gasteiger partial charge >= 0.3 is 0 Å². The Bertz CT molecular complexity index is 929. The van der Waals surface area contributed by atoms with Crippen LogP contribution in [0, 0.1) is 6.92 Å². The number of hydrogen-bond donors (Lipinski definition) is 2. The fraction of sp³-hybridized carbons (Fsp3) is 0.476. The van der Waals surface area contributed by atoms with Gasteiger partial charge in [0.05, 0.1) is 22.4 Å². The molecule has 0 aliphatic heterocycles. The van der Waals surface area contributed by atoms with E-state index < -0.39 is 5.25 Å². The number of nitrogens with one attached hydrogen (secondary N) is 2. The molecule has 1 unspecified atom stereocenters. The zero-order valence-electron chi connectivity index (χ0n) is 17.1. The standard InChI is InChI=1S/C21H28N4O3S/c1-14-19(21(28)25(24(14)3)17-11-5-4-6-12-17)23-20(27)15(2)29-13-18(26)22-16-9-7-8-10-16/h4-6,11-12,15-16H,7-10,13H2,1-3H3,(H,22,26)(H,23,27). The molecule has 1 aliphatic carbocycles. The maximum atomic E-state index is 12.9. The number of anilines is 1. The van der Waals surface area contributed by atoms with Crippen molar-refractivity contribution in [3.05, 3.63) is 46.4 Å². The topological polar surface area (TPSA) is 85.1 Å². The van der Waals surface area contributed by atoms with Gasteiger partial charge in [-0.15, -0.1) is 11.8 Å². The van der Waals surface area contributed by atoms with Gasteiger partial charge in [0, 0.05) is 13.1 Å². The third-order valence-electron chi connectivity index (χ3n) is 5.36. The van der Waals surface area contributed by atoms with Gasteiger partial charge in [-0.05, 0) is 38.8 Å². The van der Waals surface area contributed by atoms with Crippen LogP contribution in [0.15, 0.2) is 35.1 Å². The first kappa shape index (κ1) is 21.2. The lowest BCUT2D eigenvalue weighted by Gasteiger charge is -2.14. The molecule has 0 saturated heterocycles. The van der Waals surface area contributed by atoms with Crippen molar-refractivity contribution in [3.8, 4) is 5.69 Å². The molecular weight excluding hydrogens is 388 g/mol. The highest BCUT2D eigenvalue weighted by Gasteiger charge is 2.22. The third-order valence-corrected chi connectivity index (χ3v) is 6.50. The molecule has 29 heavy (non-hydrogen) atoms. The summed E-state index contributed by atoms with van der Waals surface area (Å²) in [5, 5.41) is 5.33. The van der Waals surface area contributed by atoms with Gasteiger partial charge < -0.3 is 10.6 Å². The van der Waals surface area contributed by atoms with E-state index in [0.717, 1.165) is 31.4 Å². The summed E-state index contributed by atoms with van der Waals surface area (Å²) in [6.07, 6.45) is 4.39. The molecule has 1 aliphatic rings. The lowest BCUT2D eigenvalue weighted by molar-refractivity contribution is -0.119. The van der Waals surface area contributed by atoms with Crippen LogP contribution < -0.4 is 16.2 Å². The van der Waals surface area contributed by atoms with E-state index in [1.807, 2.05) is 30.3 Å². The van der Waals surface area contributed by atoms with Gasteiger partial charge in [0.1, 0.15) is 5.69 Å². The number of benzene rings is 1. The van der Waals surface area contributed by atoms with Crippen molar-refractivity contribution in [2.75, 3.05) is 11.1 Å². The summed E-state index contributed by atoms with van der Waals surface area (Å²) in [6, 6.07) is 9.56. The van der Waals surface area contributed by atoms with Crippen LogP contribution in [-0.2, 0) is 16.6 Å². The molecule has 1 saturated carbocycles. The number of amides is 2. The highest BCUT2D eigenvalue weighted by atomic mass is 32.2. The predicted octanol–water partition coefficient (Wildman–Crippen LogP) is 2.60. The number of hydrogen-bond acceptors (Lipinski definition) is 4. The van der Waals surface area contributed by atoms with Crippen molar-refractivity contribution in [2.45, 2.75) is 50.8 Å². The maximum Gasteiger partial charge on any atom is 0.295 e. The first-order valence-corrected chi connectivity index (χ1v) is 11.0. The van der Waals surface area contributed by atoms with Crippen molar-refractivity contribution in [1.82, 2.24) is 14.7 Å². The van der Waals surface area contributed by atoms with Crippen molar-refractivity contribution in [3.63, 3.8) is 0 Å². The Balaban J connectivity index is 1.62. The normalized spacial score (nSPS) is 15.3. The number of carbonyl (C=O) groups excluding carboxylic acids is 2. The minimum atomic E-state index is -0.450. The zero-order valence-corrected chi connectivity index (χ0v) is 17.9. The number of aromatic nitrogens is 2. The molecule has 0 spiro atoms. The lowest BCUT2D eigenvalue weighted by Crippen LogP contribution is -2.35. The summed E-state index contributed by atoms with van der Waals surface area (Å²) in [5.74, 6) is -0.0915. The summed E-state index contributed by atoms with van der Waals surface area (Å²) >= 11 is 1.27. The van der Waals surface area contributed by atoms with E-state index in [4.69, 9.17) is 0 Å². The molecule has 2 N–H and O–H groups in total. The van der Waals surface area contributed by atoms with Crippen LogP contribution in [0.25, 0.3) is 5.69 Å². The largest absolute Gasteiger partial charge is 0.353 e. The Morgan fingerprint density at radius 2 is 1.86 bits per heavy atom. The molecule has 3 rings (SSSR count). The summed E-state index contributed by atoms with van der Waals surface area (Å²) in [4.78, 5) is 37.6. The molecule has 7 nitrogen and oxygen atoms in total. The highest BCUT2D eigenvalue weighted by molar-refractivity contribution is 8.01. The monoisotopic (exact) mass is 416 g/mol. The Kier molecular flexibility index (Phi) is 6.84. The number of carbonyl (C=O) groups is 2. The second kappa shape index (κ2) is 9.35. The number of rotatable bonds is 7. The van der Waals surface area contributed by atoms with Crippen molar-refractivity contribution >= 4 is 29.3 Å². The van der Waals surface area contributed by atoms with Gasteiger partial charge in [0.2, 0.25) is 11.8 Å². The second-order valence-corrected chi connectivity index (χ2v) is 8.76. The summed E-state index contributed by atoms with van der Waals surface area (Å²) < 4.78 is 3.25. The van der Waals surface area contributed by atoms with Crippen molar-refractivity contribution < 1.29 is 9.59 Å². The second-order valence-electron chi connectivity index (χ2n) is 7.43. The van der Waals surface area contributed by atoms with Crippen LogP contribution in [0.3, 0.4) is 0 Å². The van der Waals surface area contributed by atoms with Gasteiger partial charge in [-0.3, -0.25) is 19.1 Å². The van der Waals surface area contributed by atoms with Gasteiger partial charge in [0.15, 0.2) is 0 Å². The van der Waals surface area contributed by atoms with E-state index in [0.29, 0.717) is 5.69 Å². The maximum absolute atomic E-state index is 12.9. The molecule has 1 fully saturated rings. The van der Waals surface area contributed by atoms with Gasteiger partial charge in [-0.2, -0.15) is 0 Å². The molecule has 0 bridgehead atoms. The summed E-state index contributed by atoms with van der Waals surface area (Å²) in [5.41, 5.74) is 1.39. The van der Waals surface area contributed by atoms with Crippen molar-refractivity contribution in [2.24, 2.45) is 7.05 Å². The first-order valence-electron chi connectivity index (χ1n) is 9.94. The first-order chi connectivity index (χ1) is 13.9. The fourth-order valence-corrected chi connectivity index (χ4v) is 4.25. The molecule has 1 aromatic carbocycles. The predicted molar refractivity (Wildman–Crippen MR) is 117 cm³/mol. The van der Waals surface area contributed by atoms with Crippen LogP contribution in [-0.4, -0.2) is 38.2 Å². The summed E-state index contributed by atoms with van der Waals surface area (Å²) in [6.45, 7) is 3.54. The average Bonchev–Trinajstić information content (AvgIpc) is 3.29. The molecule has 1 atom stereocenters. The Morgan fingerprint density at radius 3 is 2.52 bits per heavy atom. The van der Waals surface area contributed by atoms with E-state index in [1.54, 1.807) is 25.6 Å². The van der Waals surface area contributed by atoms with Crippen LogP contribution in [0.5, 0.6) is 0 Å². The highest BCUT2D eigenvalue weighted by Crippen LogP contribution is 2.19. The van der Waals surface area contributed by atoms with E-state index in [9.17, 15) is 14.4 Å². The molecule has 2 aromatic rings.